The van der Waals surface area contributed by atoms with Gasteiger partial charge in [0.05, 0.1) is 24.0 Å². The van der Waals surface area contributed by atoms with Crippen LogP contribution in [0.2, 0.25) is 0 Å². The highest BCUT2D eigenvalue weighted by molar-refractivity contribution is 7.91. The number of para-hydroxylation sites is 1. The topological polar surface area (TPSA) is 144 Å². The lowest BCUT2D eigenvalue weighted by Crippen LogP contribution is -2.54. The molecule has 2 atom stereocenters. The smallest absolute Gasteiger partial charge is 0.248 e. The summed E-state index contributed by atoms with van der Waals surface area (Å²) in [6.07, 6.45) is 7.38. The van der Waals surface area contributed by atoms with Crippen molar-refractivity contribution in [1.29, 1.82) is 0 Å². The van der Waals surface area contributed by atoms with E-state index in [1.807, 2.05) is 7.05 Å². The minimum Gasteiger partial charge on any atom is -0.383 e. The van der Waals surface area contributed by atoms with Crippen LogP contribution in [0, 0.1) is 5.82 Å². The summed E-state index contributed by atoms with van der Waals surface area (Å²) < 4.78 is 72.5. The van der Waals surface area contributed by atoms with E-state index in [2.05, 4.69) is 25.1 Å². The number of carbonyl (C=O) groups excluding carboxylic acids is 1. The second kappa shape index (κ2) is 12.1. The van der Waals surface area contributed by atoms with Crippen molar-refractivity contribution >= 4 is 47.9 Å². The first-order valence-electron chi connectivity index (χ1n) is 13.9. The normalized spacial score (nSPS) is 20.9. The number of hydrogen-bond acceptors (Lipinski definition) is 10. The molecule has 0 radical (unpaired) electrons. The molecule has 1 amide bonds. The van der Waals surface area contributed by atoms with Crippen LogP contribution in [0.3, 0.4) is 0 Å². The molecule has 0 saturated carbocycles. The largest absolute Gasteiger partial charge is 0.383 e. The molecular formula is C29H35FN6O6S2. The van der Waals surface area contributed by atoms with Crippen molar-refractivity contribution < 1.29 is 30.8 Å². The van der Waals surface area contributed by atoms with Crippen molar-refractivity contribution in [1.82, 2.24) is 23.7 Å². The van der Waals surface area contributed by atoms with E-state index >= 15 is 0 Å². The summed E-state index contributed by atoms with van der Waals surface area (Å²) >= 11 is 0. The van der Waals surface area contributed by atoms with Crippen LogP contribution in [-0.2, 0) is 29.4 Å². The highest BCUT2D eigenvalue weighted by Crippen LogP contribution is 2.39. The summed E-state index contributed by atoms with van der Waals surface area (Å²) in [7, 11) is -4.52. The summed E-state index contributed by atoms with van der Waals surface area (Å²) in [6, 6.07) is 6.20. The van der Waals surface area contributed by atoms with Crippen LogP contribution in [0.15, 0.2) is 60.0 Å². The summed E-state index contributed by atoms with van der Waals surface area (Å²) in [4.78, 5) is 25.3. The Morgan fingerprint density at radius 1 is 1.16 bits per heavy atom. The number of benzene rings is 1. The Morgan fingerprint density at radius 3 is 2.57 bits per heavy atom. The van der Waals surface area contributed by atoms with Crippen LogP contribution in [0.4, 0.5) is 10.1 Å². The van der Waals surface area contributed by atoms with E-state index < -0.39 is 41.6 Å². The molecule has 1 unspecified atom stereocenters. The number of nitrogens with one attached hydrogen (secondary N) is 1. The van der Waals surface area contributed by atoms with Gasteiger partial charge in [0.2, 0.25) is 30.9 Å². The number of anilines is 1. The molecule has 1 aliphatic heterocycles. The Labute approximate surface area is 256 Å². The molecule has 5 rings (SSSR count). The quantitative estimate of drug-likeness (QED) is 0.344. The van der Waals surface area contributed by atoms with Gasteiger partial charge in [0.15, 0.2) is 5.82 Å². The maximum Gasteiger partial charge on any atom is 0.248 e. The zero-order valence-corrected chi connectivity index (χ0v) is 26.5. The van der Waals surface area contributed by atoms with E-state index in [9.17, 15) is 26.0 Å². The van der Waals surface area contributed by atoms with E-state index in [-0.39, 0.29) is 35.7 Å². The number of rotatable bonds is 9. The lowest BCUT2D eigenvalue weighted by atomic mass is 9.93. The van der Waals surface area contributed by atoms with Gasteiger partial charge in [0.25, 0.3) is 0 Å². The summed E-state index contributed by atoms with van der Waals surface area (Å²) in [5.41, 5.74) is 0.511. The average Bonchev–Trinajstić information content (AvgIpc) is 3.42. The number of piperazine rings is 1. The van der Waals surface area contributed by atoms with Crippen molar-refractivity contribution in [2.75, 3.05) is 58.5 Å². The third-order valence-corrected chi connectivity index (χ3v) is 11.2. The van der Waals surface area contributed by atoms with Gasteiger partial charge in [0.1, 0.15) is 16.5 Å². The Kier molecular flexibility index (Phi) is 8.79. The Balaban J connectivity index is 1.48. The molecule has 236 valence electrons. The van der Waals surface area contributed by atoms with Crippen molar-refractivity contribution in [2.45, 2.75) is 29.3 Å². The number of methoxy groups -OCH3 is 1. The molecule has 12 nitrogen and oxygen atoms in total. The van der Waals surface area contributed by atoms with Gasteiger partial charge in [-0.25, -0.2) is 35.2 Å². The minimum atomic E-state index is -4.24. The fourth-order valence-electron chi connectivity index (χ4n) is 5.50. The third-order valence-electron chi connectivity index (χ3n) is 8.03. The maximum atomic E-state index is 14.8. The fraction of sp³-hybridized carbons (Fsp3) is 0.414. The molecule has 1 aromatic carbocycles. The number of allylic oxidation sites excluding steroid dienone is 3. The van der Waals surface area contributed by atoms with Crippen molar-refractivity contribution in [3.05, 3.63) is 66.4 Å². The Morgan fingerprint density at radius 2 is 1.89 bits per heavy atom. The SMILES string of the molecule is COC[C@H](C(=O)Nc1cccc2ccn(S(=O)(=O)C3(C)C=CC=C(c4nc(S(C)(=O)=O)ncc4F)C3)c12)N1CCN(C)CC1. The Bertz CT molecular complexity index is 1870. The summed E-state index contributed by atoms with van der Waals surface area (Å²) in [5.74, 6) is -1.19. The highest BCUT2D eigenvalue weighted by Gasteiger charge is 2.42. The fourth-order valence-corrected chi connectivity index (χ4v) is 7.71. The molecule has 15 heteroatoms. The van der Waals surface area contributed by atoms with Gasteiger partial charge >= 0.3 is 0 Å². The molecule has 0 spiro atoms. The van der Waals surface area contributed by atoms with Crippen LogP contribution < -0.4 is 5.32 Å². The number of halogens is 1. The lowest BCUT2D eigenvalue weighted by molar-refractivity contribution is -0.124. The number of likely N-dealkylation sites (N-methyl/N-ethyl adjacent to an activating group) is 1. The second-order valence-electron chi connectivity index (χ2n) is 11.3. The molecule has 1 N–H and O–H groups in total. The second-order valence-corrected chi connectivity index (χ2v) is 15.5. The van der Waals surface area contributed by atoms with Crippen LogP contribution in [-0.4, -0.2) is 110 Å². The lowest BCUT2D eigenvalue weighted by Gasteiger charge is -2.36. The molecule has 2 aliphatic rings. The first-order chi connectivity index (χ1) is 20.7. The van der Waals surface area contributed by atoms with E-state index in [1.54, 1.807) is 24.3 Å². The number of fused-ring (bicyclic) bond motifs is 1. The average molecular weight is 647 g/mol. The maximum absolute atomic E-state index is 14.8. The highest BCUT2D eigenvalue weighted by atomic mass is 32.2. The van der Waals surface area contributed by atoms with Crippen LogP contribution in [0.1, 0.15) is 19.0 Å². The Hall–Kier alpha value is -3.50. The summed E-state index contributed by atoms with van der Waals surface area (Å²) in [6.45, 7) is 4.65. The first-order valence-corrected chi connectivity index (χ1v) is 17.3. The number of hydrogen-bond donors (Lipinski definition) is 1. The third kappa shape index (κ3) is 6.06. The first kappa shape index (κ1) is 31.9. The zero-order chi connectivity index (χ0) is 31.9. The van der Waals surface area contributed by atoms with E-state index in [4.69, 9.17) is 4.74 Å². The van der Waals surface area contributed by atoms with Crippen molar-refractivity contribution in [3.63, 3.8) is 0 Å². The standard InChI is InChI=1S/C29H35FN6O6S2/c1-29(11-6-8-21(17-29)25-22(30)18-31-28(33-25)43(4,38)39)44(40,41)36-12-10-20-7-5-9-23(26(20)36)32-27(37)24(19-42-3)35-15-13-34(2)14-16-35/h5-12,18,24H,13-17,19H2,1-4H3,(H,32,37)/t24-,29?/m1/s1. The zero-order valence-electron chi connectivity index (χ0n) is 24.9. The van der Waals surface area contributed by atoms with Gasteiger partial charge in [-0.1, -0.05) is 30.4 Å². The number of amides is 1. The summed E-state index contributed by atoms with van der Waals surface area (Å²) in [5, 5.41) is 2.97. The van der Waals surface area contributed by atoms with Crippen LogP contribution >= 0.6 is 0 Å². The number of ether oxygens (including phenoxy) is 1. The van der Waals surface area contributed by atoms with E-state index in [0.29, 0.717) is 24.2 Å². The molecule has 0 bridgehead atoms. The van der Waals surface area contributed by atoms with Gasteiger partial charge in [-0.15, -0.1) is 0 Å². The molecule has 1 fully saturated rings. The van der Waals surface area contributed by atoms with E-state index in [0.717, 1.165) is 29.5 Å². The molecule has 2 aromatic heterocycles. The van der Waals surface area contributed by atoms with Crippen molar-refractivity contribution in [2.24, 2.45) is 0 Å². The van der Waals surface area contributed by atoms with Gasteiger partial charge in [-0.05, 0) is 38.1 Å². The van der Waals surface area contributed by atoms with Crippen molar-refractivity contribution in [3.8, 4) is 0 Å². The number of aromatic nitrogens is 3. The predicted octanol–water partition coefficient (Wildman–Crippen LogP) is 2.15. The molecular weight excluding hydrogens is 611 g/mol. The molecule has 3 aromatic rings. The van der Waals surface area contributed by atoms with Gasteiger partial charge in [-0.3, -0.25) is 9.69 Å². The number of carbonyl (C=O) groups is 1. The molecule has 1 aliphatic carbocycles. The monoisotopic (exact) mass is 646 g/mol. The number of sulfone groups is 1. The van der Waals surface area contributed by atoms with Crippen LogP contribution in [0.25, 0.3) is 16.5 Å². The van der Waals surface area contributed by atoms with Gasteiger partial charge in [-0.2, -0.15) is 0 Å². The molecule has 3 heterocycles. The molecule has 44 heavy (non-hydrogen) atoms. The van der Waals surface area contributed by atoms with Crippen LogP contribution in [0.5, 0.6) is 0 Å². The van der Waals surface area contributed by atoms with Gasteiger partial charge in [0, 0.05) is 51.1 Å². The molecule has 1 saturated heterocycles. The predicted molar refractivity (Wildman–Crippen MR) is 165 cm³/mol. The minimum absolute atomic E-state index is 0.170. The number of nitrogens with zero attached hydrogens (tertiary/aromatic N) is 5. The van der Waals surface area contributed by atoms with Gasteiger partial charge < -0.3 is 15.0 Å². The van der Waals surface area contributed by atoms with E-state index in [1.165, 1.54) is 38.5 Å².